The Bertz CT molecular complexity index is 1370. The smallest absolute Gasteiger partial charge is 0.323 e. The third kappa shape index (κ3) is 7.31. The lowest BCUT2D eigenvalue weighted by Crippen LogP contribution is -2.50. The van der Waals surface area contributed by atoms with E-state index in [-0.39, 0.29) is 54.6 Å². The van der Waals surface area contributed by atoms with Crippen molar-refractivity contribution in [1.29, 1.82) is 0 Å². The highest BCUT2D eigenvalue weighted by Crippen LogP contribution is 2.35. The quantitative estimate of drug-likeness (QED) is 0.327. The van der Waals surface area contributed by atoms with Crippen LogP contribution in [-0.4, -0.2) is 71.8 Å². The molecule has 4 rings (SSSR count). The average Bonchev–Trinajstić information content (AvgIpc) is 2.96. The van der Waals surface area contributed by atoms with Gasteiger partial charge in [-0.05, 0) is 55.5 Å². The normalized spacial score (nSPS) is 17.3. The van der Waals surface area contributed by atoms with Crippen LogP contribution in [0.25, 0.3) is 0 Å². The summed E-state index contributed by atoms with van der Waals surface area (Å²) >= 11 is 0. The topological polar surface area (TPSA) is 123 Å². The first-order valence-electron chi connectivity index (χ1n) is 13.3. The molecule has 41 heavy (non-hydrogen) atoms. The molecule has 0 saturated heterocycles. The number of urea groups is 2. The maximum Gasteiger partial charge on any atom is 0.323 e. The number of likely N-dealkylation sites (N-methyl/N-ethyl adjacent to an activating group) is 1. The van der Waals surface area contributed by atoms with E-state index >= 15 is 0 Å². The number of aliphatic hydroxyl groups is 1. The van der Waals surface area contributed by atoms with Crippen LogP contribution in [0.3, 0.4) is 0 Å². The van der Waals surface area contributed by atoms with Crippen LogP contribution in [0.2, 0.25) is 0 Å². The number of fused-ring (bicyclic) bond motifs is 1. The lowest BCUT2D eigenvalue weighted by molar-refractivity contribution is 0.0373. The fourth-order valence-electron chi connectivity index (χ4n) is 4.47. The summed E-state index contributed by atoms with van der Waals surface area (Å²) in [5.74, 6) is -0.898. The van der Waals surface area contributed by atoms with Crippen LogP contribution in [0, 0.1) is 11.7 Å². The summed E-state index contributed by atoms with van der Waals surface area (Å²) < 4.78 is 19.7. The van der Waals surface area contributed by atoms with Crippen molar-refractivity contribution in [2.75, 3.05) is 42.7 Å². The number of benzene rings is 3. The molecule has 0 aliphatic carbocycles. The van der Waals surface area contributed by atoms with Gasteiger partial charge in [0.05, 0.1) is 30.4 Å². The van der Waals surface area contributed by atoms with Gasteiger partial charge in [-0.3, -0.25) is 4.79 Å². The van der Waals surface area contributed by atoms with E-state index in [1.807, 2.05) is 25.1 Å². The Labute approximate surface area is 238 Å². The number of rotatable bonds is 7. The maximum atomic E-state index is 13.6. The van der Waals surface area contributed by atoms with Gasteiger partial charge in [0.25, 0.3) is 5.91 Å². The molecule has 1 aliphatic rings. The first kappa shape index (κ1) is 29.3. The number of nitrogens with zero attached hydrogens (tertiary/aromatic N) is 2. The fraction of sp³-hybridized carbons (Fsp3) is 0.300. The van der Waals surface area contributed by atoms with Gasteiger partial charge in [0.2, 0.25) is 0 Å². The Balaban J connectivity index is 1.61. The molecule has 1 aliphatic heterocycles. The molecule has 0 fully saturated rings. The zero-order valence-corrected chi connectivity index (χ0v) is 23.1. The van der Waals surface area contributed by atoms with Crippen molar-refractivity contribution in [3.63, 3.8) is 0 Å². The highest BCUT2D eigenvalue weighted by molar-refractivity contribution is 6.04. The molecule has 0 saturated carbocycles. The summed E-state index contributed by atoms with van der Waals surface area (Å²) in [7, 11) is 1.65. The zero-order chi connectivity index (χ0) is 29.5. The number of carbonyl (C=O) groups is 3. The minimum atomic E-state index is -0.618. The van der Waals surface area contributed by atoms with Gasteiger partial charge < -0.3 is 35.6 Å². The van der Waals surface area contributed by atoms with Crippen LogP contribution >= 0.6 is 0 Å². The number of amides is 5. The van der Waals surface area contributed by atoms with Crippen LogP contribution in [0.5, 0.6) is 5.75 Å². The lowest BCUT2D eigenvalue weighted by Gasteiger charge is -2.38. The molecule has 0 unspecified atom stereocenters. The van der Waals surface area contributed by atoms with E-state index in [0.29, 0.717) is 11.4 Å². The van der Waals surface area contributed by atoms with Gasteiger partial charge in [-0.2, -0.15) is 0 Å². The number of ether oxygens (including phenoxy) is 1. The number of hydrogen-bond donors (Lipinski definition) is 4. The highest BCUT2D eigenvalue weighted by atomic mass is 19.1. The molecule has 3 atom stereocenters. The van der Waals surface area contributed by atoms with Crippen LogP contribution in [0.4, 0.5) is 31.0 Å². The molecule has 4 N–H and O–H groups in total. The Hall–Kier alpha value is -4.64. The summed E-state index contributed by atoms with van der Waals surface area (Å²) in [5, 5.41) is 18.1. The van der Waals surface area contributed by atoms with Crippen molar-refractivity contribution >= 4 is 35.0 Å². The monoisotopic (exact) mass is 563 g/mol. The van der Waals surface area contributed by atoms with Gasteiger partial charge >= 0.3 is 12.1 Å². The second kappa shape index (κ2) is 13.1. The first-order chi connectivity index (χ1) is 19.7. The molecule has 0 bridgehead atoms. The number of anilines is 3. The number of para-hydroxylation sites is 2. The van der Waals surface area contributed by atoms with Crippen molar-refractivity contribution in [2.24, 2.45) is 5.92 Å². The second-order valence-electron chi connectivity index (χ2n) is 10.1. The summed E-state index contributed by atoms with van der Waals surface area (Å²) in [4.78, 5) is 42.5. The number of hydrogen-bond acceptors (Lipinski definition) is 5. The molecule has 5 amide bonds. The third-order valence-corrected chi connectivity index (χ3v) is 6.87. The fourth-order valence-corrected chi connectivity index (χ4v) is 4.47. The number of aliphatic hydroxyl groups excluding tert-OH is 1. The van der Waals surface area contributed by atoms with Gasteiger partial charge in [-0.25, -0.2) is 14.0 Å². The van der Waals surface area contributed by atoms with E-state index in [1.165, 1.54) is 29.2 Å². The van der Waals surface area contributed by atoms with E-state index in [9.17, 15) is 23.9 Å². The molecule has 11 heteroatoms. The molecular formula is C30H34FN5O5. The van der Waals surface area contributed by atoms with E-state index in [4.69, 9.17) is 4.74 Å². The van der Waals surface area contributed by atoms with Gasteiger partial charge in [0.1, 0.15) is 11.9 Å². The molecule has 1 heterocycles. The van der Waals surface area contributed by atoms with E-state index in [2.05, 4.69) is 16.0 Å². The highest BCUT2D eigenvalue weighted by Gasteiger charge is 2.35. The number of nitrogens with one attached hydrogen (secondary N) is 3. The summed E-state index contributed by atoms with van der Waals surface area (Å²) in [5.41, 5.74) is 1.47. The molecule has 0 spiro atoms. The summed E-state index contributed by atoms with van der Waals surface area (Å²) in [6.07, 6.45) is -0.579. The van der Waals surface area contributed by atoms with Crippen molar-refractivity contribution in [1.82, 2.24) is 9.80 Å². The predicted octanol–water partition coefficient (Wildman–Crippen LogP) is 4.85. The van der Waals surface area contributed by atoms with Crippen LogP contribution in [-0.2, 0) is 0 Å². The SMILES string of the molecule is C[C@@H]1CN([C@@H](C)CO)C(=O)c2cccc(NC(=O)Nc3ccc(F)cc3)c2O[C@@H]1CN(C)C(=O)Nc1ccccc1. The minimum absolute atomic E-state index is 0.148. The van der Waals surface area contributed by atoms with Crippen molar-refractivity contribution < 1.29 is 28.6 Å². The second-order valence-corrected chi connectivity index (χ2v) is 10.1. The van der Waals surface area contributed by atoms with Gasteiger partial charge in [-0.15, -0.1) is 0 Å². The molecule has 216 valence electrons. The molecule has 3 aromatic carbocycles. The van der Waals surface area contributed by atoms with E-state index in [1.54, 1.807) is 49.2 Å². The average molecular weight is 564 g/mol. The van der Waals surface area contributed by atoms with Gasteiger partial charge in [-0.1, -0.05) is 31.2 Å². The predicted molar refractivity (Wildman–Crippen MR) is 155 cm³/mol. The van der Waals surface area contributed by atoms with Gasteiger partial charge in [0, 0.05) is 30.9 Å². The van der Waals surface area contributed by atoms with Crippen molar-refractivity contribution in [3.05, 3.63) is 84.2 Å². The summed E-state index contributed by atoms with van der Waals surface area (Å²) in [6, 6.07) is 17.7. The molecule has 0 radical (unpaired) electrons. The Kier molecular flexibility index (Phi) is 9.41. The summed E-state index contributed by atoms with van der Waals surface area (Å²) in [6.45, 7) is 3.86. The molecule has 10 nitrogen and oxygen atoms in total. The first-order valence-corrected chi connectivity index (χ1v) is 13.3. The van der Waals surface area contributed by atoms with Crippen LogP contribution in [0.1, 0.15) is 24.2 Å². The molecule has 0 aromatic heterocycles. The van der Waals surface area contributed by atoms with E-state index < -0.39 is 24.0 Å². The van der Waals surface area contributed by atoms with Crippen molar-refractivity contribution in [2.45, 2.75) is 26.0 Å². The van der Waals surface area contributed by atoms with Gasteiger partial charge in [0.15, 0.2) is 5.75 Å². The standard InChI is InChI=1S/C30H34FN5O5/c1-19-16-36(20(2)18-37)28(38)24-10-7-11-25(34-29(39)32-23-14-12-21(31)13-15-23)27(24)41-26(19)17-35(3)30(40)33-22-8-5-4-6-9-22/h4-15,19-20,26,37H,16-18H2,1-3H3,(H,33,40)(H2,32,34,39)/t19-,20+,26-/m1/s1. The van der Waals surface area contributed by atoms with Crippen molar-refractivity contribution in [3.8, 4) is 5.75 Å². The molecule has 3 aromatic rings. The zero-order valence-electron chi connectivity index (χ0n) is 23.1. The Morgan fingerprint density at radius 2 is 1.71 bits per heavy atom. The number of halogens is 1. The third-order valence-electron chi connectivity index (χ3n) is 6.87. The molecular weight excluding hydrogens is 529 g/mol. The lowest BCUT2D eigenvalue weighted by atomic mass is 9.99. The van der Waals surface area contributed by atoms with E-state index in [0.717, 1.165) is 0 Å². The minimum Gasteiger partial charge on any atom is -0.485 e. The Morgan fingerprint density at radius 1 is 1.02 bits per heavy atom. The van der Waals surface area contributed by atoms with Crippen LogP contribution in [0.15, 0.2) is 72.8 Å². The maximum absolute atomic E-state index is 13.6. The van der Waals surface area contributed by atoms with Crippen LogP contribution < -0.4 is 20.7 Å². The Morgan fingerprint density at radius 3 is 2.39 bits per heavy atom. The largest absolute Gasteiger partial charge is 0.485 e. The number of carbonyl (C=O) groups excluding carboxylic acids is 3.